The molecule has 0 aliphatic carbocycles. The van der Waals surface area contributed by atoms with Gasteiger partial charge in [0.2, 0.25) is 0 Å². The van der Waals surface area contributed by atoms with Crippen LogP contribution in [0.5, 0.6) is 5.75 Å². The van der Waals surface area contributed by atoms with E-state index in [9.17, 15) is 13.2 Å². The largest absolute Gasteiger partial charge is 0.573 e. The van der Waals surface area contributed by atoms with Gasteiger partial charge in [-0.3, -0.25) is 0 Å². The van der Waals surface area contributed by atoms with Gasteiger partial charge in [-0.05, 0) is 24.3 Å². The van der Waals surface area contributed by atoms with Crippen LogP contribution in [0.3, 0.4) is 0 Å². The fraction of sp³-hybridized carbons (Fsp3) is 0.500. The smallest absolute Gasteiger partial charge is 0.406 e. The fourth-order valence-corrected chi connectivity index (χ4v) is 1.93. The molecule has 2 rings (SSSR count). The quantitative estimate of drug-likeness (QED) is 0.878. The number of halogens is 3. The highest BCUT2D eigenvalue weighted by Crippen LogP contribution is 2.22. The third kappa shape index (κ3) is 4.19. The van der Waals surface area contributed by atoms with Gasteiger partial charge in [-0.1, -0.05) is 0 Å². The first kappa shape index (κ1) is 13.2. The summed E-state index contributed by atoms with van der Waals surface area (Å²) in [7, 11) is 0. The number of rotatable bonds is 3. The molecule has 1 aromatic carbocycles. The number of alkyl halides is 3. The van der Waals surface area contributed by atoms with Crippen molar-refractivity contribution < 1.29 is 27.5 Å². The van der Waals surface area contributed by atoms with Crippen LogP contribution in [-0.2, 0) is 11.3 Å². The Labute approximate surface area is 103 Å². The number of hydrogen-bond acceptors (Lipinski definition) is 2. The third-order valence-corrected chi connectivity index (χ3v) is 2.81. The minimum absolute atomic E-state index is 0.178. The lowest BCUT2D eigenvalue weighted by atomic mass is 10.2. The lowest BCUT2D eigenvalue weighted by molar-refractivity contribution is -0.921. The molecule has 0 spiro atoms. The van der Waals surface area contributed by atoms with Crippen LogP contribution in [0.25, 0.3) is 0 Å². The summed E-state index contributed by atoms with van der Waals surface area (Å²) in [6.07, 6.45) is -4.63. The average molecular weight is 262 g/mol. The predicted octanol–water partition coefficient (Wildman–Crippen LogP) is 1.00. The van der Waals surface area contributed by atoms with Crippen LogP contribution < -0.4 is 9.64 Å². The molecule has 1 N–H and O–H groups in total. The minimum Gasteiger partial charge on any atom is -0.406 e. The van der Waals surface area contributed by atoms with Crippen LogP contribution in [0, 0.1) is 0 Å². The highest BCUT2D eigenvalue weighted by atomic mass is 19.4. The van der Waals surface area contributed by atoms with Crippen LogP contribution in [0.1, 0.15) is 5.56 Å². The van der Waals surface area contributed by atoms with Gasteiger partial charge in [0, 0.05) is 5.56 Å². The number of hydrogen-bond donors (Lipinski definition) is 1. The van der Waals surface area contributed by atoms with Gasteiger partial charge in [-0.2, -0.15) is 0 Å². The maximum atomic E-state index is 12.0. The van der Waals surface area contributed by atoms with Gasteiger partial charge in [-0.25, -0.2) is 0 Å². The molecule has 0 aromatic heterocycles. The molecule has 1 aliphatic rings. The van der Waals surface area contributed by atoms with Gasteiger partial charge < -0.3 is 14.4 Å². The molecule has 0 radical (unpaired) electrons. The van der Waals surface area contributed by atoms with Gasteiger partial charge in [0.1, 0.15) is 25.4 Å². The van der Waals surface area contributed by atoms with E-state index >= 15 is 0 Å². The summed E-state index contributed by atoms with van der Waals surface area (Å²) < 4.78 is 45.0. The molecule has 1 heterocycles. The van der Waals surface area contributed by atoms with E-state index in [2.05, 4.69) is 4.74 Å². The van der Waals surface area contributed by atoms with Crippen molar-refractivity contribution in [2.75, 3.05) is 26.3 Å². The third-order valence-electron chi connectivity index (χ3n) is 2.81. The topological polar surface area (TPSA) is 22.9 Å². The van der Waals surface area contributed by atoms with E-state index in [-0.39, 0.29) is 5.75 Å². The van der Waals surface area contributed by atoms with E-state index < -0.39 is 6.36 Å². The van der Waals surface area contributed by atoms with Gasteiger partial charge in [0.05, 0.1) is 13.2 Å². The Balaban J connectivity index is 1.90. The van der Waals surface area contributed by atoms with Crippen molar-refractivity contribution in [1.29, 1.82) is 0 Å². The van der Waals surface area contributed by atoms with Crippen LogP contribution in [0.2, 0.25) is 0 Å². The van der Waals surface area contributed by atoms with E-state index in [1.165, 1.54) is 17.0 Å². The minimum atomic E-state index is -4.63. The molecule has 3 nitrogen and oxygen atoms in total. The zero-order valence-electron chi connectivity index (χ0n) is 9.80. The van der Waals surface area contributed by atoms with E-state index in [4.69, 9.17) is 4.74 Å². The van der Waals surface area contributed by atoms with Crippen molar-refractivity contribution in [3.63, 3.8) is 0 Å². The Morgan fingerprint density at radius 2 is 1.72 bits per heavy atom. The summed E-state index contributed by atoms with van der Waals surface area (Å²) in [6.45, 7) is 4.15. The first-order chi connectivity index (χ1) is 8.53. The molecular formula is C12H15F3NO2+. The van der Waals surface area contributed by atoms with E-state index in [1.54, 1.807) is 12.1 Å². The molecule has 0 unspecified atom stereocenters. The first-order valence-corrected chi connectivity index (χ1v) is 5.79. The fourth-order valence-electron chi connectivity index (χ4n) is 1.93. The van der Waals surface area contributed by atoms with E-state index in [0.717, 1.165) is 38.4 Å². The van der Waals surface area contributed by atoms with Crippen LogP contribution >= 0.6 is 0 Å². The second-order valence-corrected chi connectivity index (χ2v) is 4.23. The number of quaternary nitrogens is 1. The second-order valence-electron chi connectivity index (χ2n) is 4.23. The molecule has 18 heavy (non-hydrogen) atoms. The van der Waals surface area contributed by atoms with Gasteiger partial charge >= 0.3 is 6.36 Å². The number of benzene rings is 1. The van der Waals surface area contributed by atoms with Crippen molar-refractivity contribution in [2.24, 2.45) is 0 Å². The summed E-state index contributed by atoms with van der Waals surface area (Å²) in [5.41, 5.74) is 1.00. The summed E-state index contributed by atoms with van der Waals surface area (Å²) in [5, 5.41) is 0. The molecular weight excluding hydrogens is 247 g/mol. The van der Waals surface area contributed by atoms with E-state index in [0.29, 0.717) is 0 Å². The Hall–Kier alpha value is -1.27. The molecule has 0 atom stereocenters. The molecule has 1 aromatic rings. The van der Waals surface area contributed by atoms with Gasteiger partial charge in [-0.15, -0.1) is 13.2 Å². The van der Waals surface area contributed by atoms with Crippen molar-refractivity contribution >= 4 is 0 Å². The zero-order valence-corrected chi connectivity index (χ0v) is 9.80. The molecule has 1 aliphatic heterocycles. The molecule has 0 bridgehead atoms. The number of morpholine rings is 1. The van der Waals surface area contributed by atoms with Crippen molar-refractivity contribution in [1.82, 2.24) is 0 Å². The van der Waals surface area contributed by atoms with Crippen molar-refractivity contribution in [3.05, 3.63) is 29.8 Å². The van der Waals surface area contributed by atoms with Gasteiger partial charge in [0.25, 0.3) is 0 Å². The van der Waals surface area contributed by atoms with Crippen molar-refractivity contribution in [3.8, 4) is 5.75 Å². The Bertz CT molecular complexity index is 372. The monoisotopic (exact) mass is 262 g/mol. The average Bonchev–Trinajstić information content (AvgIpc) is 2.31. The lowest BCUT2D eigenvalue weighted by Gasteiger charge is -2.23. The summed E-state index contributed by atoms with van der Waals surface area (Å²) >= 11 is 0. The highest BCUT2D eigenvalue weighted by Gasteiger charge is 2.31. The maximum absolute atomic E-state index is 12.0. The lowest BCUT2D eigenvalue weighted by Crippen LogP contribution is -3.12. The first-order valence-electron chi connectivity index (χ1n) is 5.79. The summed E-state index contributed by atoms with van der Waals surface area (Å²) in [4.78, 5) is 1.38. The van der Waals surface area contributed by atoms with Crippen LogP contribution in [-0.4, -0.2) is 32.7 Å². The standard InChI is InChI=1S/C12H14F3NO2/c13-12(14,15)18-11-3-1-10(2-4-11)9-16-5-7-17-8-6-16/h1-4H,5-9H2/p+1. The normalized spacial score (nSPS) is 17.7. The Morgan fingerprint density at radius 1 is 1.11 bits per heavy atom. The van der Waals surface area contributed by atoms with Crippen LogP contribution in [0.15, 0.2) is 24.3 Å². The van der Waals surface area contributed by atoms with Crippen molar-refractivity contribution in [2.45, 2.75) is 12.9 Å². The zero-order chi connectivity index (χ0) is 13.0. The summed E-state index contributed by atoms with van der Waals surface area (Å²) in [5.74, 6) is -0.178. The molecule has 100 valence electrons. The molecule has 1 saturated heterocycles. The predicted molar refractivity (Wildman–Crippen MR) is 58.3 cm³/mol. The van der Waals surface area contributed by atoms with Gasteiger partial charge in [0.15, 0.2) is 0 Å². The number of ether oxygens (including phenoxy) is 2. The molecule has 0 amide bonds. The molecule has 6 heteroatoms. The molecule has 1 fully saturated rings. The Kier molecular flexibility index (Phi) is 4.08. The van der Waals surface area contributed by atoms with E-state index in [1.807, 2.05) is 0 Å². The van der Waals surface area contributed by atoms with Crippen LogP contribution in [0.4, 0.5) is 13.2 Å². The number of nitrogens with one attached hydrogen (secondary N) is 1. The highest BCUT2D eigenvalue weighted by molar-refractivity contribution is 5.26. The maximum Gasteiger partial charge on any atom is 0.573 e. The Morgan fingerprint density at radius 3 is 2.28 bits per heavy atom. The molecule has 0 saturated carbocycles. The SMILES string of the molecule is FC(F)(F)Oc1ccc(C[NH+]2CCOCC2)cc1. The second kappa shape index (κ2) is 5.58. The summed E-state index contributed by atoms with van der Waals surface area (Å²) in [6, 6.07) is 6.04.